The summed E-state index contributed by atoms with van der Waals surface area (Å²) in [7, 11) is 1.11. The second kappa shape index (κ2) is 16.2. The molecule has 2 saturated heterocycles. The van der Waals surface area contributed by atoms with Crippen LogP contribution in [0.4, 0.5) is 4.79 Å². The van der Waals surface area contributed by atoms with E-state index < -0.39 is 111 Å². The highest BCUT2D eigenvalue weighted by Crippen LogP contribution is 2.26. The molecule has 2 heterocycles. The highest BCUT2D eigenvalue weighted by atomic mass is 16.7. The smallest absolute Gasteiger partial charge is 0.408 e. The number of nitrogens with one attached hydrogen (secondary N) is 2. The Balaban J connectivity index is 2.07. The van der Waals surface area contributed by atoms with Crippen LogP contribution in [0, 0.1) is 0 Å². The van der Waals surface area contributed by atoms with Crippen LogP contribution in [0.15, 0.2) is 12.7 Å². The molecule has 0 aliphatic carbocycles. The maximum absolute atomic E-state index is 12.7. The number of carbonyl (C=O) groups is 3. The number of alkyl carbamates (subject to hydrolysis) is 1. The normalized spacial score (nSPS) is 35.0. The summed E-state index contributed by atoms with van der Waals surface area (Å²) in [6, 6.07) is -2.62. The minimum atomic E-state index is -1.85. The lowest BCUT2D eigenvalue weighted by atomic mass is 9.98. The number of rotatable bonds is 13. The first-order valence-electron chi connectivity index (χ1n) is 12.5. The molecule has 0 aromatic rings. The zero-order chi connectivity index (χ0) is 30.9. The largest absolute Gasteiger partial charge is 0.467 e. The fraction of sp³-hybridized carbons (Fsp3) is 0.783. The van der Waals surface area contributed by atoms with E-state index in [0.29, 0.717) is 0 Å². The number of aliphatic hydroxyl groups is 7. The highest BCUT2D eigenvalue weighted by Gasteiger charge is 2.47. The molecule has 0 spiro atoms. The molecule has 2 amide bonds. The summed E-state index contributed by atoms with van der Waals surface area (Å²) >= 11 is 0. The molecule has 0 aromatic heterocycles. The van der Waals surface area contributed by atoms with Crippen LogP contribution in [0.5, 0.6) is 0 Å². The SMILES string of the molecule is C=CCOC(=O)N[C@@H](CO[C@@H]1O[C@H](CO[C@@H]2O[C@H](CO)[C@H](O)[C@H](O)[C@H]2O)[C@H](O)[C@H](O)[C@H]1O)C(=O)N[C@@H](C)C(=O)OC. The molecule has 2 aliphatic rings. The van der Waals surface area contributed by atoms with E-state index in [-0.39, 0.29) is 6.61 Å². The molecular weight excluding hydrogens is 560 g/mol. The minimum Gasteiger partial charge on any atom is -0.467 e. The van der Waals surface area contributed by atoms with Crippen LogP contribution >= 0.6 is 0 Å². The van der Waals surface area contributed by atoms with Gasteiger partial charge < -0.3 is 74.8 Å². The Bertz CT molecular complexity index is 877. The summed E-state index contributed by atoms with van der Waals surface area (Å²) < 4.78 is 30.8. The van der Waals surface area contributed by atoms with Gasteiger partial charge in [-0.1, -0.05) is 12.7 Å². The van der Waals surface area contributed by atoms with Gasteiger partial charge in [-0.25, -0.2) is 9.59 Å². The van der Waals surface area contributed by atoms with Crippen molar-refractivity contribution in [2.45, 2.75) is 80.4 Å². The van der Waals surface area contributed by atoms with Crippen molar-refractivity contribution in [1.29, 1.82) is 0 Å². The molecule has 12 atom stereocenters. The van der Waals surface area contributed by atoms with E-state index in [2.05, 4.69) is 21.9 Å². The third-order valence-electron chi connectivity index (χ3n) is 6.22. The van der Waals surface area contributed by atoms with E-state index in [4.69, 9.17) is 23.7 Å². The van der Waals surface area contributed by atoms with Crippen molar-refractivity contribution in [2.75, 3.05) is 33.5 Å². The van der Waals surface area contributed by atoms with Gasteiger partial charge in [0.15, 0.2) is 12.6 Å². The Morgan fingerprint density at radius 3 is 2.00 bits per heavy atom. The Hall–Kier alpha value is -2.49. The molecule has 2 fully saturated rings. The maximum Gasteiger partial charge on any atom is 0.408 e. The summed E-state index contributed by atoms with van der Waals surface area (Å²) in [6.07, 6.45) is -16.3. The maximum atomic E-state index is 12.7. The van der Waals surface area contributed by atoms with Crippen LogP contribution in [0.1, 0.15) is 6.92 Å². The molecule has 18 nitrogen and oxygen atoms in total. The number of methoxy groups -OCH3 is 1. The van der Waals surface area contributed by atoms with Gasteiger partial charge >= 0.3 is 12.1 Å². The molecule has 41 heavy (non-hydrogen) atoms. The van der Waals surface area contributed by atoms with Crippen LogP contribution in [0.25, 0.3) is 0 Å². The number of carbonyl (C=O) groups excluding carboxylic acids is 3. The van der Waals surface area contributed by atoms with Gasteiger partial charge in [-0.2, -0.15) is 0 Å². The number of hydrogen-bond acceptors (Lipinski definition) is 16. The summed E-state index contributed by atoms with van der Waals surface area (Å²) in [4.78, 5) is 36.5. The van der Waals surface area contributed by atoms with E-state index in [1.807, 2.05) is 0 Å². The predicted molar refractivity (Wildman–Crippen MR) is 130 cm³/mol. The topological polar surface area (TPSA) is 272 Å². The van der Waals surface area contributed by atoms with Gasteiger partial charge in [0.25, 0.3) is 0 Å². The van der Waals surface area contributed by atoms with Gasteiger partial charge in [0.2, 0.25) is 5.91 Å². The monoisotopic (exact) mass is 598 g/mol. The lowest BCUT2D eigenvalue weighted by molar-refractivity contribution is -0.331. The van der Waals surface area contributed by atoms with Gasteiger partial charge in [-0.15, -0.1) is 0 Å². The van der Waals surface area contributed by atoms with Crippen LogP contribution in [-0.2, 0) is 38.0 Å². The zero-order valence-electron chi connectivity index (χ0n) is 22.3. The van der Waals surface area contributed by atoms with Crippen molar-refractivity contribution in [2.24, 2.45) is 0 Å². The molecule has 2 rings (SSSR count). The molecule has 18 heteroatoms. The predicted octanol–water partition coefficient (Wildman–Crippen LogP) is -5.41. The molecule has 2 aliphatic heterocycles. The fourth-order valence-electron chi connectivity index (χ4n) is 3.83. The van der Waals surface area contributed by atoms with E-state index >= 15 is 0 Å². The third kappa shape index (κ3) is 9.25. The van der Waals surface area contributed by atoms with Gasteiger partial charge in [-0.3, -0.25) is 4.79 Å². The van der Waals surface area contributed by atoms with E-state index in [0.717, 1.165) is 7.11 Å². The number of amides is 2. The standard InChI is InChI=1S/C23H38N2O16/c1-4-5-37-23(35)25-10(19(33)24-9(2)20(34)36-3)7-38-21-18(32)16(30)14(28)12(41-21)8-39-22-17(31)15(29)13(27)11(6-26)40-22/h4,9-18,21-22,26-32H,1,5-8H2,2-3H3,(H,24,33)(H,25,35)/t9-,10-,11+,12+,13-,14-,15-,16-,17+,18+,21+,22+/m0/s1. The molecule has 9 N–H and O–H groups in total. The quantitative estimate of drug-likeness (QED) is 0.0707. The molecule has 0 radical (unpaired) electrons. The lowest BCUT2D eigenvalue weighted by Crippen LogP contribution is -2.62. The van der Waals surface area contributed by atoms with Gasteiger partial charge in [-0.05, 0) is 6.92 Å². The third-order valence-corrected chi connectivity index (χ3v) is 6.22. The van der Waals surface area contributed by atoms with Crippen molar-refractivity contribution in [3.8, 4) is 0 Å². The Labute approximate surface area is 234 Å². The van der Waals surface area contributed by atoms with E-state index in [1.165, 1.54) is 13.0 Å². The Morgan fingerprint density at radius 2 is 1.44 bits per heavy atom. The van der Waals surface area contributed by atoms with Crippen LogP contribution in [-0.4, -0.2) is 161 Å². The molecule has 0 unspecified atom stereocenters. The lowest BCUT2D eigenvalue weighted by Gasteiger charge is -2.42. The summed E-state index contributed by atoms with van der Waals surface area (Å²) in [5.74, 6) is -1.69. The molecular formula is C23H38N2O16. The van der Waals surface area contributed by atoms with Crippen LogP contribution in [0.3, 0.4) is 0 Å². The number of esters is 1. The number of aliphatic hydroxyl groups excluding tert-OH is 7. The molecule has 0 bridgehead atoms. The highest BCUT2D eigenvalue weighted by molar-refractivity contribution is 5.89. The fourth-order valence-corrected chi connectivity index (χ4v) is 3.83. The number of hydrogen-bond donors (Lipinski definition) is 9. The van der Waals surface area contributed by atoms with Gasteiger partial charge in [0.1, 0.15) is 67.5 Å². The van der Waals surface area contributed by atoms with Crippen molar-refractivity contribution >= 4 is 18.0 Å². The Morgan fingerprint density at radius 1 is 0.878 bits per heavy atom. The first-order chi connectivity index (χ1) is 19.4. The average molecular weight is 599 g/mol. The van der Waals surface area contributed by atoms with Crippen LogP contribution < -0.4 is 10.6 Å². The van der Waals surface area contributed by atoms with Crippen molar-refractivity contribution < 1.29 is 78.6 Å². The summed E-state index contributed by atoms with van der Waals surface area (Å²) in [5, 5.41) is 74.8. The molecule has 236 valence electrons. The minimum absolute atomic E-state index is 0.190. The van der Waals surface area contributed by atoms with Crippen molar-refractivity contribution in [3.63, 3.8) is 0 Å². The van der Waals surface area contributed by atoms with E-state index in [1.54, 1.807) is 0 Å². The van der Waals surface area contributed by atoms with Gasteiger partial charge in [0.05, 0.1) is 26.9 Å². The second-order valence-corrected chi connectivity index (χ2v) is 9.22. The first-order valence-corrected chi connectivity index (χ1v) is 12.5. The molecule has 0 saturated carbocycles. The second-order valence-electron chi connectivity index (χ2n) is 9.22. The summed E-state index contributed by atoms with van der Waals surface area (Å²) in [6.45, 7) is 2.51. The van der Waals surface area contributed by atoms with Crippen molar-refractivity contribution in [1.82, 2.24) is 10.6 Å². The first kappa shape index (κ1) is 34.7. The average Bonchev–Trinajstić information content (AvgIpc) is 2.96. The number of ether oxygens (including phenoxy) is 6. The summed E-state index contributed by atoms with van der Waals surface area (Å²) in [5.41, 5.74) is 0. The van der Waals surface area contributed by atoms with E-state index in [9.17, 15) is 50.1 Å². The zero-order valence-corrected chi connectivity index (χ0v) is 22.3. The Kier molecular flexibility index (Phi) is 13.7. The molecule has 0 aromatic carbocycles. The van der Waals surface area contributed by atoms with Gasteiger partial charge in [0, 0.05) is 0 Å². The van der Waals surface area contributed by atoms with Crippen LogP contribution in [0.2, 0.25) is 0 Å². The van der Waals surface area contributed by atoms with Crippen molar-refractivity contribution in [3.05, 3.63) is 12.7 Å².